The molecule has 1 amide bonds. The molecule has 1 saturated heterocycles. The van der Waals surface area contributed by atoms with Gasteiger partial charge in [-0.3, -0.25) is 4.79 Å². The number of hydrogen-bond donors (Lipinski definition) is 2. The second kappa shape index (κ2) is 5.73. The van der Waals surface area contributed by atoms with Crippen LogP contribution in [-0.2, 0) is 11.2 Å². The summed E-state index contributed by atoms with van der Waals surface area (Å²) in [6.45, 7) is 3.11. The van der Waals surface area contributed by atoms with Gasteiger partial charge in [-0.1, -0.05) is 24.2 Å². The van der Waals surface area contributed by atoms with Gasteiger partial charge in [0.1, 0.15) is 5.75 Å². The Kier molecular flexibility index (Phi) is 4.04. The van der Waals surface area contributed by atoms with E-state index in [1.165, 1.54) is 0 Å². The van der Waals surface area contributed by atoms with Crippen LogP contribution in [0.3, 0.4) is 0 Å². The first-order valence-corrected chi connectivity index (χ1v) is 6.36. The number of amides is 1. The van der Waals surface area contributed by atoms with Gasteiger partial charge in [0.05, 0.1) is 12.1 Å². The van der Waals surface area contributed by atoms with E-state index >= 15 is 0 Å². The lowest BCUT2D eigenvalue weighted by molar-refractivity contribution is -0.131. The molecule has 5 heteroatoms. The molecule has 1 unspecified atom stereocenters. The number of carbonyl (C=O) groups excluding carboxylic acids is 1. The molecule has 1 aromatic carbocycles. The largest absolute Gasteiger partial charge is 0.508 e. The van der Waals surface area contributed by atoms with Gasteiger partial charge in [0.15, 0.2) is 0 Å². The van der Waals surface area contributed by atoms with Crippen LogP contribution in [0, 0.1) is 5.92 Å². The monoisotopic (exact) mass is 262 g/mol. The van der Waals surface area contributed by atoms with Crippen LogP contribution in [0.1, 0.15) is 18.9 Å². The molecule has 1 fully saturated rings. The van der Waals surface area contributed by atoms with E-state index < -0.39 is 0 Å². The molecule has 5 nitrogen and oxygen atoms in total. The van der Waals surface area contributed by atoms with Crippen LogP contribution in [0.25, 0.3) is 0 Å². The molecular formula is C14H18N2O3. The molecule has 0 radical (unpaired) electrons. The van der Waals surface area contributed by atoms with Gasteiger partial charge in [0, 0.05) is 25.4 Å². The third-order valence-electron chi connectivity index (χ3n) is 3.45. The highest BCUT2D eigenvalue weighted by atomic mass is 16.4. The van der Waals surface area contributed by atoms with Crippen molar-refractivity contribution in [3.05, 3.63) is 29.8 Å². The minimum atomic E-state index is 0.0365. The Bertz CT molecular complexity index is 499. The van der Waals surface area contributed by atoms with E-state index in [-0.39, 0.29) is 24.0 Å². The Balaban J connectivity index is 1.98. The number of aromatic hydroxyl groups is 1. The maximum atomic E-state index is 12.2. The van der Waals surface area contributed by atoms with Crippen molar-refractivity contribution in [2.75, 3.05) is 13.1 Å². The van der Waals surface area contributed by atoms with Crippen molar-refractivity contribution < 1.29 is 15.1 Å². The molecule has 0 bridgehead atoms. The highest BCUT2D eigenvalue weighted by molar-refractivity contribution is 5.89. The summed E-state index contributed by atoms with van der Waals surface area (Å²) in [5, 5.41) is 21.4. The van der Waals surface area contributed by atoms with Crippen LogP contribution in [-0.4, -0.2) is 39.9 Å². The van der Waals surface area contributed by atoms with Crippen molar-refractivity contribution in [1.82, 2.24) is 4.90 Å². The maximum Gasteiger partial charge on any atom is 0.227 e. The first-order valence-electron chi connectivity index (χ1n) is 6.36. The summed E-state index contributed by atoms with van der Waals surface area (Å²) in [6.07, 6.45) is 0.899. The molecule has 0 spiro atoms. The normalized spacial score (nSPS) is 21.6. The van der Waals surface area contributed by atoms with Gasteiger partial charge in [-0.15, -0.1) is 0 Å². The summed E-state index contributed by atoms with van der Waals surface area (Å²) in [7, 11) is 0. The summed E-state index contributed by atoms with van der Waals surface area (Å²) in [4.78, 5) is 13.9. The Morgan fingerprint density at radius 3 is 2.95 bits per heavy atom. The Labute approximate surface area is 112 Å². The van der Waals surface area contributed by atoms with Gasteiger partial charge in [0.25, 0.3) is 0 Å². The predicted octanol–water partition coefficient (Wildman–Crippen LogP) is 1.63. The van der Waals surface area contributed by atoms with Gasteiger partial charge in [0.2, 0.25) is 5.91 Å². The topological polar surface area (TPSA) is 73.1 Å². The summed E-state index contributed by atoms with van der Waals surface area (Å²) in [5.41, 5.74) is 1.56. The van der Waals surface area contributed by atoms with Crippen molar-refractivity contribution in [2.24, 2.45) is 11.1 Å². The van der Waals surface area contributed by atoms with Crippen molar-refractivity contribution in [3.63, 3.8) is 0 Å². The van der Waals surface area contributed by atoms with Gasteiger partial charge in [-0.05, 0) is 17.7 Å². The Hall–Kier alpha value is -2.04. The van der Waals surface area contributed by atoms with E-state index in [1.807, 2.05) is 13.0 Å². The van der Waals surface area contributed by atoms with Gasteiger partial charge >= 0.3 is 0 Å². The minimum Gasteiger partial charge on any atom is -0.508 e. The third kappa shape index (κ3) is 3.24. The zero-order chi connectivity index (χ0) is 13.8. The fraction of sp³-hybridized carbons (Fsp3) is 0.429. The zero-order valence-corrected chi connectivity index (χ0v) is 10.9. The van der Waals surface area contributed by atoms with E-state index in [1.54, 1.807) is 23.1 Å². The van der Waals surface area contributed by atoms with E-state index in [0.717, 1.165) is 11.3 Å². The van der Waals surface area contributed by atoms with Crippen LogP contribution < -0.4 is 0 Å². The van der Waals surface area contributed by atoms with Crippen LogP contribution in [0.5, 0.6) is 5.75 Å². The van der Waals surface area contributed by atoms with Crippen LogP contribution in [0.15, 0.2) is 29.4 Å². The molecule has 0 aromatic heterocycles. The summed E-state index contributed by atoms with van der Waals surface area (Å²) in [5.74, 6) is 0.299. The molecule has 1 aliphatic heterocycles. The Morgan fingerprint density at radius 1 is 1.53 bits per heavy atom. The van der Waals surface area contributed by atoms with Crippen molar-refractivity contribution >= 4 is 11.6 Å². The standard InChI is InChI=1S/C14H18N2O3/c1-10-9-16(6-5-13(10)15-19)14(18)8-11-3-2-4-12(17)7-11/h2-4,7,10,17,19H,5-6,8-9H2,1H3/b15-13+. The number of hydrogen-bond acceptors (Lipinski definition) is 4. The predicted molar refractivity (Wildman–Crippen MR) is 71.4 cm³/mol. The van der Waals surface area contributed by atoms with Crippen molar-refractivity contribution in [2.45, 2.75) is 19.8 Å². The molecule has 1 atom stereocenters. The molecule has 0 aliphatic carbocycles. The van der Waals surface area contributed by atoms with Gasteiger partial charge in [-0.2, -0.15) is 0 Å². The lowest BCUT2D eigenvalue weighted by atomic mass is 9.97. The highest BCUT2D eigenvalue weighted by Gasteiger charge is 2.25. The summed E-state index contributed by atoms with van der Waals surface area (Å²) >= 11 is 0. The molecule has 1 aliphatic rings. The van der Waals surface area contributed by atoms with E-state index in [9.17, 15) is 9.90 Å². The number of rotatable bonds is 2. The number of piperidine rings is 1. The van der Waals surface area contributed by atoms with Gasteiger partial charge < -0.3 is 15.2 Å². The maximum absolute atomic E-state index is 12.2. The second-order valence-corrected chi connectivity index (χ2v) is 4.93. The Morgan fingerprint density at radius 2 is 2.32 bits per heavy atom. The van der Waals surface area contributed by atoms with Crippen molar-refractivity contribution in [1.29, 1.82) is 0 Å². The van der Waals surface area contributed by atoms with E-state index in [4.69, 9.17) is 5.21 Å². The SMILES string of the molecule is CC1CN(C(=O)Cc2cccc(O)c2)CC/C1=N\O. The molecule has 0 saturated carbocycles. The van der Waals surface area contributed by atoms with Crippen LogP contribution in [0.4, 0.5) is 0 Å². The molecule has 1 heterocycles. The van der Waals surface area contributed by atoms with Crippen LogP contribution in [0.2, 0.25) is 0 Å². The lowest BCUT2D eigenvalue weighted by Crippen LogP contribution is -2.43. The average molecular weight is 262 g/mol. The molecule has 102 valence electrons. The minimum absolute atomic E-state index is 0.0365. The van der Waals surface area contributed by atoms with E-state index in [0.29, 0.717) is 19.5 Å². The number of phenolic OH excluding ortho intramolecular Hbond substituents is 1. The third-order valence-corrected chi connectivity index (χ3v) is 3.45. The molecule has 2 N–H and O–H groups in total. The number of benzene rings is 1. The molecular weight excluding hydrogens is 244 g/mol. The molecule has 19 heavy (non-hydrogen) atoms. The number of oxime groups is 1. The number of phenols is 1. The quantitative estimate of drug-likeness (QED) is 0.628. The first-order chi connectivity index (χ1) is 9.10. The van der Waals surface area contributed by atoms with E-state index in [2.05, 4.69) is 5.16 Å². The summed E-state index contributed by atoms with van der Waals surface area (Å²) < 4.78 is 0. The van der Waals surface area contributed by atoms with Gasteiger partial charge in [-0.25, -0.2) is 0 Å². The molecule has 1 aromatic rings. The number of likely N-dealkylation sites (tertiary alicyclic amines) is 1. The summed E-state index contributed by atoms with van der Waals surface area (Å²) in [6, 6.07) is 6.74. The van der Waals surface area contributed by atoms with Crippen molar-refractivity contribution in [3.8, 4) is 5.75 Å². The van der Waals surface area contributed by atoms with Crippen LogP contribution >= 0.6 is 0 Å². The number of carbonyl (C=O) groups is 1. The fourth-order valence-electron chi connectivity index (χ4n) is 2.35. The fourth-order valence-corrected chi connectivity index (χ4v) is 2.35. The second-order valence-electron chi connectivity index (χ2n) is 4.93. The lowest BCUT2D eigenvalue weighted by Gasteiger charge is -2.31. The zero-order valence-electron chi connectivity index (χ0n) is 10.9. The number of nitrogens with zero attached hydrogens (tertiary/aromatic N) is 2. The highest BCUT2D eigenvalue weighted by Crippen LogP contribution is 2.16. The average Bonchev–Trinajstić information content (AvgIpc) is 2.38. The molecule has 2 rings (SSSR count). The smallest absolute Gasteiger partial charge is 0.227 e. The first kappa shape index (κ1) is 13.4.